The van der Waals surface area contributed by atoms with Crippen molar-refractivity contribution in [1.29, 1.82) is 0 Å². The summed E-state index contributed by atoms with van der Waals surface area (Å²) in [7, 11) is 4.22. The molecule has 1 atom stereocenters. The molecular weight excluding hydrogens is 246 g/mol. The lowest BCUT2D eigenvalue weighted by molar-refractivity contribution is 0.200. The van der Waals surface area contributed by atoms with Gasteiger partial charge >= 0.3 is 0 Å². The number of nitrogens with zero attached hydrogens (tertiary/aromatic N) is 2. The molecule has 1 aromatic rings. The normalized spacial score (nSPS) is 20.3. The Morgan fingerprint density at radius 2 is 2.06 bits per heavy atom. The highest BCUT2D eigenvalue weighted by Crippen LogP contribution is 2.20. The van der Waals surface area contributed by atoms with Crippen molar-refractivity contribution in [1.82, 2.24) is 10.2 Å². The summed E-state index contributed by atoms with van der Waals surface area (Å²) in [6, 6.07) is 9.28. The molecule has 1 N–H and O–H groups in total. The zero-order valence-corrected chi connectivity index (χ0v) is 12.3. The van der Waals surface area contributed by atoms with Crippen molar-refractivity contribution in [2.24, 2.45) is 0 Å². The van der Waals surface area contributed by atoms with Gasteiger partial charge in [-0.05, 0) is 18.6 Å². The van der Waals surface area contributed by atoms with Gasteiger partial charge < -0.3 is 10.2 Å². The van der Waals surface area contributed by atoms with Crippen LogP contribution >= 0.6 is 12.4 Å². The Kier molecular flexibility index (Phi) is 5.93. The van der Waals surface area contributed by atoms with Crippen molar-refractivity contribution < 1.29 is 0 Å². The number of piperazine rings is 1. The molecule has 0 bridgehead atoms. The van der Waals surface area contributed by atoms with E-state index in [1.807, 2.05) is 0 Å². The maximum absolute atomic E-state index is 3.48. The quantitative estimate of drug-likeness (QED) is 0.905. The molecule has 1 fully saturated rings. The fourth-order valence-corrected chi connectivity index (χ4v) is 2.48. The average molecular weight is 270 g/mol. The number of para-hydroxylation sites is 1. The minimum atomic E-state index is 0. The summed E-state index contributed by atoms with van der Waals surface area (Å²) in [5.74, 6) is 0. The molecule has 102 valence electrons. The molecule has 1 aliphatic heterocycles. The summed E-state index contributed by atoms with van der Waals surface area (Å²) in [6.07, 6.45) is 0. The molecule has 1 heterocycles. The highest BCUT2D eigenvalue weighted by atomic mass is 35.5. The Hall–Kier alpha value is -0.770. The van der Waals surface area contributed by atoms with Gasteiger partial charge in [-0.1, -0.05) is 18.2 Å². The molecule has 4 heteroatoms. The van der Waals surface area contributed by atoms with Crippen LogP contribution in [0.25, 0.3) is 0 Å². The van der Waals surface area contributed by atoms with Gasteiger partial charge in [0.15, 0.2) is 0 Å². The van der Waals surface area contributed by atoms with Gasteiger partial charge in [-0.15, -0.1) is 12.4 Å². The van der Waals surface area contributed by atoms with Gasteiger partial charge in [-0.25, -0.2) is 0 Å². The van der Waals surface area contributed by atoms with Crippen molar-refractivity contribution in [3.05, 3.63) is 29.8 Å². The topological polar surface area (TPSA) is 18.5 Å². The van der Waals surface area contributed by atoms with E-state index in [9.17, 15) is 0 Å². The molecule has 18 heavy (non-hydrogen) atoms. The van der Waals surface area contributed by atoms with Gasteiger partial charge in [0.2, 0.25) is 0 Å². The fourth-order valence-electron chi connectivity index (χ4n) is 2.48. The molecule has 1 aromatic carbocycles. The summed E-state index contributed by atoms with van der Waals surface area (Å²) in [6.45, 7) is 6.70. The number of nitrogens with one attached hydrogen (secondary N) is 1. The van der Waals surface area contributed by atoms with Gasteiger partial charge in [-0.2, -0.15) is 0 Å². The SMILES string of the molecule is C[C@H]1CN(Cc2ccccc2N(C)C)CCN1.Cl. The Bertz CT molecular complexity index is 368. The van der Waals surface area contributed by atoms with E-state index in [4.69, 9.17) is 0 Å². The first-order chi connectivity index (χ1) is 8.16. The number of rotatable bonds is 3. The molecule has 0 aliphatic carbocycles. The first-order valence-corrected chi connectivity index (χ1v) is 6.38. The monoisotopic (exact) mass is 269 g/mol. The van der Waals surface area contributed by atoms with Crippen LogP contribution in [0, 0.1) is 0 Å². The molecule has 0 radical (unpaired) electrons. The lowest BCUT2D eigenvalue weighted by Crippen LogP contribution is -2.48. The van der Waals surface area contributed by atoms with Crippen LogP contribution in [-0.4, -0.2) is 44.7 Å². The van der Waals surface area contributed by atoms with Crippen LogP contribution in [0.2, 0.25) is 0 Å². The molecule has 0 unspecified atom stereocenters. The smallest absolute Gasteiger partial charge is 0.0406 e. The second-order valence-corrected chi connectivity index (χ2v) is 5.11. The molecule has 3 nitrogen and oxygen atoms in total. The summed E-state index contributed by atoms with van der Waals surface area (Å²) < 4.78 is 0. The Labute approximate surface area is 117 Å². The molecule has 2 rings (SSSR count). The minimum absolute atomic E-state index is 0. The van der Waals surface area contributed by atoms with Gasteiger partial charge in [0.1, 0.15) is 0 Å². The molecular formula is C14H24ClN3. The highest BCUT2D eigenvalue weighted by molar-refractivity contribution is 5.85. The van der Waals surface area contributed by atoms with Gasteiger partial charge in [0.25, 0.3) is 0 Å². The second-order valence-electron chi connectivity index (χ2n) is 5.11. The molecule has 0 spiro atoms. The van der Waals surface area contributed by atoms with E-state index in [0.29, 0.717) is 6.04 Å². The lowest BCUT2D eigenvalue weighted by Gasteiger charge is -2.32. The van der Waals surface area contributed by atoms with Crippen LogP contribution in [0.5, 0.6) is 0 Å². The highest BCUT2D eigenvalue weighted by Gasteiger charge is 2.16. The van der Waals surface area contributed by atoms with E-state index in [0.717, 1.165) is 26.2 Å². The molecule has 1 saturated heterocycles. The van der Waals surface area contributed by atoms with Crippen molar-refractivity contribution in [2.45, 2.75) is 19.5 Å². The number of hydrogen-bond donors (Lipinski definition) is 1. The minimum Gasteiger partial charge on any atom is -0.377 e. The van der Waals surface area contributed by atoms with E-state index in [-0.39, 0.29) is 12.4 Å². The Morgan fingerprint density at radius 1 is 1.33 bits per heavy atom. The average Bonchev–Trinajstić information content (AvgIpc) is 2.29. The largest absolute Gasteiger partial charge is 0.377 e. The summed E-state index contributed by atoms with van der Waals surface area (Å²) in [5.41, 5.74) is 2.75. The fraction of sp³-hybridized carbons (Fsp3) is 0.571. The van der Waals surface area contributed by atoms with Gasteiger partial charge in [-0.3, -0.25) is 4.90 Å². The van der Waals surface area contributed by atoms with E-state index in [1.165, 1.54) is 11.3 Å². The van der Waals surface area contributed by atoms with Gasteiger partial charge in [0, 0.05) is 52.0 Å². The van der Waals surface area contributed by atoms with Gasteiger partial charge in [0.05, 0.1) is 0 Å². The van der Waals surface area contributed by atoms with Crippen LogP contribution in [0.3, 0.4) is 0 Å². The molecule has 0 amide bonds. The standard InChI is InChI=1S/C14H23N3.ClH/c1-12-10-17(9-8-15-12)11-13-6-4-5-7-14(13)16(2)3;/h4-7,12,15H,8-11H2,1-3H3;1H/t12-;/m0./s1. The van der Waals surface area contributed by atoms with Crippen molar-refractivity contribution in [2.75, 3.05) is 38.6 Å². The van der Waals surface area contributed by atoms with E-state index >= 15 is 0 Å². The third-order valence-corrected chi connectivity index (χ3v) is 3.32. The van der Waals surface area contributed by atoms with Crippen molar-refractivity contribution in [3.63, 3.8) is 0 Å². The van der Waals surface area contributed by atoms with Crippen LogP contribution in [0.1, 0.15) is 12.5 Å². The third-order valence-electron chi connectivity index (χ3n) is 3.32. The third kappa shape index (κ3) is 3.87. The zero-order valence-electron chi connectivity index (χ0n) is 11.5. The zero-order chi connectivity index (χ0) is 12.3. The first-order valence-electron chi connectivity index (χ1n) is 6.38. The van der Waals surface area contributed by atoms with Crippen molar-refractivity contribution in [3.8, 4) is 0 Å². The second kappa shape index (κ2) is 6.98. The summed E-state index contributed by atoms with van der Waals surface area (Å²) in [5, 5.41) is 3.48. The number of benzene rings is 1. The lowest BCUT2D eigenvalue weighted by atomic mass is 10.1. The summed E-state index contributed by atoms with van der Waals surface area (Å²) in [4.78, 5) is 4.73. The molecule has 0 saturated carbocycles. The van der Waals surface area contributed by atoms with Crippen LogP contribution in [0.4, 0.5) is 5.69 Å². The van der Waals surface area contributed by atoms with Crippen LogP contribution < -0.4 is 10.2 Å². The summed E-state index contributed by atoms with van der Waals surface area (Å²) >= 11 is 0. The Balaban J connectivity index is 0.00000162. The first kappa shape index (κ1) is 15.3. The van der Waals surface area contributed by atoms with E-state index in [2.05, 4.69) is 60.4 Å². The van der Waals surface area contributed by atoms with E-state index < -0.39 is 0 Å². The Morgan fingerprint density at radius 3 is 2.72 bits per heavy atom. The van der Waals surface area contributed by atoms with Crippen LogP contribution in [-0.2, 0) is 6.54 Å². The number of halogens is 1. The van der Waals surface area contributed by atoms with Crippen LogP contribution in [0.15, 0.2) is 24.3 Å². The molecule has 0 aromatic heterocycles. The maximum Gasteiger partial charge on any atom is 0.0406 e. The maximum atomic E-state index is 3.48. The molecule has 1 aliphatic rings. The predicted molar refractivity (Wildman–Crippen MR) is 80.8 cm³/mol. The number of hydrogen-bond acceptors (Lipinski definition) is 3. The number of anilines is 1. The predicted octanol–water partition coefficient (Wildman–Crippen LogP) is 1.97. The van der Waals surface area contributed by atoms with Crippen molar-refractivity contribution >= 4 is 18.1 Å². The van der Waals surface area contributed by atoms with E-state index in [1.54, 1.807) is 0 Å².